The molecule has 0 aliphatic carbocycles. The lowest BCUT2D eigenvalue weighted by molar-refractivity contribution is -0.649. The fourth-order valence-corrected chi connectivity index (χ4v) is 1.23. The predicted molar refractivity (Wildman–Crippen MR) is 70.3 cm³/mol. The third kappa shape index (κ3) is 8.75. The van der Waals surface area contributed by atoms with E-state index in [1.807, 2.05) is 0 Å². The minimum absolute atomic E-state index is 0.0798. The molecule has 1 unspecified atom stereocenters. The maximum atomic E-state index is 10.5. The summed E-state index contributed by atoms with van der Waals surface area (Å²) in [6.45, 7) is -0.464. The number of hydrogen-bond donors (Lipinski definition) is 0. The third-order valence-electron chi connectivity index (χ3n) is 2.19. The van der Waals surface area contributed by atoms with Gasteiger partial charge in [0.2, 0.25) is 0 Å². The zero-order valence-corrected chi connectivity index (χ0v) is 11.1. The van der Waals surface area contributed by atoms with E-state index in [0.29, 0.717) is 0 Å². The Bertz CT molecular complexity index is 456. The fraction of sp³-hybridized carbons (Fsp3) is 1.00. The molecule has 0 spiro atoms. The van der Waals surface area contributed by atoms with Crippen LogP contribution in [0, 0.1) is 10.1 Å². The van der Waals surface area contributed by atoms with Crippen molar-refractivity contribution in [1.29, 1.82) is 0 Å². The molecule has 0 saturated heterocycles. The van der Waals surface area contributed by atoms with Gasteiger partial charge >= 0.3 is 0 Å². The van der Waals surface area contributed by atoms with E-state index >= 15 is 0 Å². The molecule has 0 radical (unpaired) electrons. The molecule has 0 amide bonds. The molecular formula is C7H13N11O3. The zero-order chi connectivity index (χ0) is 16.1. The molecule has 0 rings (SSSR count). The van der Waals surface area contributed by atoms with Gasteiger partial charge in [0.1, 0.15) is 0 Å². The van der Waals surface area contributed by atoms with Crippen molar-refractivity contribution in [2.75, 3.05) is 33.3 Å². The van der Waals surface area contributed by atoms with E-state index in [4.69, 9.17) is 21.3 Å². The molecule has 0 aromatic heterocycles. The van der Waals surface area contributed by atoms with Crippen LogP contribution in [0.25, 0.3) is 31.3 Å². The Morgan fingerprint density at radius 3 is 2.24 bits per heavy atom. The van der Waals surface area contributed by atoms with Crippen LogP contribution < -0.4 is 0 Å². The molecule has 0 bridgehead atoms. The minimum atomic E-state index is -0.815. The second kappa shape index (κ2) is 11.0. The van der Waals surface area contributed by atoms with Gasteiger partial charge in [-0.25, -0.2) is 10.1 Å². The predicted octanol–water partition coefficient (Wildman–Crippen LogP) is 1.79. The Kier molecular flexibility index (Phi) is 9.44. The van der Waals surface area contributed by atoms with E-state index in [1.54, 1.807) is 0 Å². The zero-order valence-electron chi connectivity index (χ0n) is 11.1. The maximum absolute atomic E-state index is 10.5. The number of likely N-dealkylation sites (N-methyl/N-ethyl adjacent to an activating group) is 1. The number of hydrazine groups is 1. The topological polar surface area (TPSA) is 202 Å². The van der Waals surface area contributed by atoms with Gasteiger partial charge in [-0.1, -0.05) is 15.3 Å². The number of ether oxygens (including phenoxy) is 1. The highest BCUT2D eigenvalue weighted by Crippen LogP contribution is 2.02. The summed E-state index contributed by atoms with van der Waals surface area (Å²) >= 11 is 0. The Morgan fingerprint density at radius 1 is 1.24 bits per heavy atom. The Hall–Kier alpha value is -2.91. The molecule has 0 aromatic carbocycles. The molecule has 1 atom stereocenters. The van der Waals surface area contributed by atoms with Gasteiger partial charge in [0.15, 0.2) is 5.03 Å². The molecule has 0 heterocycles. The van der Waals surface area contributed by atoms with E-state index in [2.05, 4.69) is 30.1 Å². The highest BCUT2D eigenvalue weighted by atomic mass is 16.7. The first-order valence-electron chi connectivity index (χ1n) is 5.58. The summed E-state index contributed by atoms with van der Waals surface area (Å²) < 4.78 is 5.30. The van der Waals surface area contributed by atoms with Crippen LogP contribution in [-0.2, 0) is 4.74 Å². The molecule has 0 aromatic rings. The van der Waals surface area contributed by atoms with Crippen molar-refractivity contribution < 1.29 is 9.77 Å². The molecule has 0 fully saturated rings. The van der Waals surface area contributed by atoms with Crippen LogP contribution in [0.1, 0.15) is 0 Å². The van der Waals surface area contributed by atoms with Crippen molar-refractivity contribution in [3.05, 3.63) is 41.4 Å². The summed E-state index contributed by atoms with van der Waals surface area (Å²) in [6, 6.07) is -0.815. The van der Waals surface area contributed by atoms with E-state index in [0.717, 1.165) is 5.01 Å². The van der Waals surface area contributed by atoms with Crippen LogP contribution in [0.15, 0.2) is 15.3 Å². The molecule has 21 heavy (non-hydrogen) atoms. The van der Waals surface area contributed by atoms with Gasteiger partial charge in [-0.3, -0.25) is 0 Å². The van der Waals surface area contributed by atoms with Crippen LogP contribution in [0.4, 0.5) is 0 Å². The first kappa shape index (κ1) is 18.1. The summed E-state index contributed by atoms with van der Waals surface area (Å²) in [7, 11) is 1.22. The first-order chi connectivity index (χ1) is 10.0. The summed E-state index contributed by atoms with van der Waals surface area (Å²) in [5, 5.41) is 20.6. The summed E-state index contributed by atoms with van der Waals surface area (Å²) in [6.07, 6.45) is -0.700. The molecule has 14 nitrogen and oxygen atoms in total. The van der Waals surface area contributed by atoms with Crippen LogP contribution in [0.3, 0.4) is 0 Å². The average Bonchev–Trinajstić information content (AvgIpc) is 2.46. The lowest BCUT2D eigenvalue weighted by Crippen LogP contribution is -2.36. The molecule has 0 aliphatic rings. The van der Waals surface area contributed by atoms with Crippen molar-refractivity contribution in [3.63, 3.8) is 0 Å². The Morgan fingerprint density at radius 2 is 1.81 bits per heavy atom. The monoisotopic (exact) mass is 299 g/mol. The standard InChI is InChI=1S/C7H13N11O3/c1-17(18(19)20)4-6(13-16-10)5-21-7(2-11-14-8)3-12-15-9/h6-7H,2-5H2,1H3. The van der Waals surface area contributed by atoms with E-state index in [1.165, 1.54) is 7.05 Å². The summed E-state index contributed by atoms with van der Waals surface area (Å²) in [5.74, 6) is 0. The SMILES string of the molecule is CN(CC(COC(CN=[N+]=[N-])CN=[N+]=[N-])N=[N+]=[N-])[N+](=O)[O-]. The van der Waals surface area contributed by atoms with Gasteiger partial charge in [0, 0.05) is 14.7 Å². The second-order valence-electron chi connectivity index (χ2n) is 3.72. The van der Waals surface area contributed by atoms with Gasteiger partial charge in [-0.05, 0) is 16.6 Å². The maximum Gasteiger partial charge on any atom is 0.159 e. The van der Waals surface area contributed by atoms with E-state index in [-0.39, 0.29) is 26.2 Å². The summed E-state index contributed by atoms with van der Waals surface area (Å²) in [5.41, 5.74) is 24.9. The van der Waals surface area contributed by atoms with E-state index in [9.17, 15) is 10.1 Å². The van der Waals surface area contributed by atoms with Crippen LogP contribution >= 0.6 is 0 Å². The molecule has 0 aliphatic heterocycles. The van der Waals surface area contributed by atoms with Crippen molar-refractivity contribution in [1.82, 2.24) is 5.01 Å². The second-order valence-corrected chi connectivity index (χ2v) is 3.72. The number of azide groups is 3. The van der Waals surface area contributed by atoms with Gasteiger partial charge in [0.05, 0.1) is 45.4 Å². The number of nitro groups is 1. The lowest BCUT2D eigenvalue weighted by Gasteiger charge is -2.18. The van der Waals surface area contributed by atoms with Gasteiger partial charge in [0.25, 0.3) is 0 Å². The minimum Gasteiger partial charge on any atom is -0.377 e. The highest BCUT2D eigenvalue weighted by Gasteiger charge is 2.18. The largest absolute Gasteiger partial charge is 0.377 e. The Balaban J connectivity index is 4.58. The molecular weight excluding hydrogens is 286 g/mol. The highest BCUT2D eigenvalue weighted by molar-refractivity contribution is 4.72. The van der Waals surface area contributed by atoms with Crippen LogP contribution in [0.5, 0.6) is 0 Å². The first-order valence-corrected chi connectivity index (χ1v) is 5.58. The smallest absolute Gasteiger partial charge is 0.159 e. The molecule has 0 saturated carbocycles. The van der Waals surface area contributed by atoms with Gasteiger partial charge in [-0.15, -0.1) is 5.01 Å². The van der Waals surface area contributed by atoms with Crippen molar-refractivity contribution >= 4 is 0 Å². The van der Waals surface area contributed by atoms with E-state index < -0.39 is 17.2 Å². The van der Waals surface area contributed by atoms with Gasteiger partial charge < -0.3 is 4.74 Å². The average molecular weight is 299 g/mol. The van der Waals surface area contributed by atoms with Gasteiger partial charge in [-0.2, -0.15) is 0 Å². The number of hydrogen-bond acceptors (Lipinski definition) is 6. The molecule has 14 heteroatoms. The third-order valence-corrected chi connectivity index (χ3v) is 2.19. The fourth-order valence-electron chi connectivity index (χ4n) is 1.23. The van der Waals surface area contributed by atoms with Crippen LogP contribution in [-0.4, -0.2) is 55.5 Å². The Labute approximate surface area is 118 Å². The van der Waals surface area contributed by atoms with Crippen molar-refractivity contribution in [2.45, 2.75) is 12.1 Å². The lowest BCUT2D eigenvalue weighted by atomic mass is 10.3. The van der Waals surface area contributed by atoms with Crippen molar-refractivity contribution in [3.8, 4) is 0 Å². The van der Waals surface area contributed by atoms with Crippen molar-refractivity contribution in [2.24, 2.45) is 15.3 Å². The normalized spacial score (nSPS) is 12.0. The summed E-state index contributed by atoms with van der Waals surface area (Å²) in [4.78, 5) is 18.2. The number of nitrogens with zero attached hydrogens (tertiary/aromatic N) is 11. The quantitative estimate of drug-likeness (QED) is 0.184. The molecule has 114 valence electrons. The number of rotatable bonds is 11. The van der Waals surface area contributed by atoms with Crippen LogP contribution in [0.2, 0.25) is 0 Å². The molecule has 0 N–H and O–H groups in total.